The number of aryl methyl sites for hydroxylation is 1. The molecule has 2 atom stereocenters. The highest BCUT2D eigenvalue weighted by atomic mass is 32.1. The molecule has 0 radical (unpaired) electrons. The van der Waals surface area contributed by atoms with Gasteiger partial charge in [-0.1, -0.05) is 13.8 Å². The lowest BCUT2D eigenvalue weighted by atomic mass is 9.72. The van der Waals surface area contributed by atoms with Gasteiger partial charge in [-0.15, -0.1) is 11.3 Å². The van der Waals surface area contributed by atoms with Crippen molar-refractivity contribution in [3.8, 4) is 0 Å². The molecule has 1 fully saturated rings. The third kappa shape index (κ3) is 1.40. The third-order valence-electron chi connectivity index (χ3n) is 3.15. The third-order valence-corrected chi connectivity index (χ3v) is 3.94. The van der Waals surface area contributed by atoms with E-state index in [4.69, 9.17) is 0 Å². The summed E-state index contributed by atoms with van der Waals surface area (Å²) < 4.78 is 0. The fraction of sp³-hybridized carbons (Fsp3) is 0.700. The fourth-order valence-electron chi connectivity index (χ4n) is 1.86. The number of nitrogens with zero attached hydrogens (tertiary/aromatic N) is 1. The van der Waals surface area contributed by atoms with Gasteiger partial charge < -0.3 is 5.32 Å². The van der Waals surface area contributed by atoms with Gasteiger partial charge in [-0.25, -0.2) is 4.98 Å². The lowest BCUT2D eigenvalue weighted by Gasteiger charge is -2.47. The van der Waals surface area contributed by atoms with Gasteiger partial charge >= 0.3 is 0 Å². The molecule has 0 spiro atoms. The van der Waals surface area contributed by atoms with Crippen LogP contribution in [0.3, 0.4) is 0 Å². The quantitative estimate of drug-likeness (QED) is 0.786. The molecule has 3 heteroatoms. The van der Waals surface area contributed by atoms with E-state index in [2.05, 4.69) is 36.5 Å². The van der Waals surface area contributed by atoms with Crippen molar-refractivity contribution in [1.29, 1.82) is 0 Å². The fourth-order valence-corrected chi connectivity index (χ4v) is 2.49. The largest absolute Gasteiger partial charge is 0.307 e. The Morgan fingerprint density at radius 1 is 1.77 bits per heavy atom. The molecule has 13 heavy (non-hydrogen) atoms. The van der Waals surface area contributed by atoms with Crippen LogP contribution in [-0.2, 0) is 0 Å². The van der Waals surface area contributed by atoms with Crippen LogP contribution in [0.1, 0.15) is 37.0 Å². The van der Waals surface area contributed by atoms with E-state index in [1.165, 1.54) is 17.1 Å². The number of nitrogens with one attached hydrogen (secondary N) is 1. The van der Waals surface area contributed by atoms with Crippen LogP contribution in [0.5, 0.6) is 0 Å². The van der Waals surface area contributed by atoms with Gasteiger partial charge in [0.05, 0.1) is 16.7 Å². The standard InChI is InChI=1S/C10H16N2S/c1-4-10(3)6-11-9(10)8-5-13-7(2)12-8/h5,9,11H,4,6H2,1-3H3. The van der Waals surface area contributed by atoms with E-state index >= 15 is 0 Å². The van der Waals surface area contributed by atoms with Crippen molar-refractivity contribution >= 4 is 11.3 Å². The minimum Gasteiger partial charge on any atom is -0.307 e. The van der Waals surface area contributed by atoms with Crippen LogP contribution in [-0.4, -0.2) is 11.5 Å². The summed E-state index contributed by atoms with van der Waals surface area (Å²) >= 11 is 1.74. The van der Waals surface area contributed by atoms with Crippen LogP contribution < -0.4 is 5.32 Å². The molecular weight excluding hydrogens is 180 g/mol. The van der Waals surface area contributed by atoms with E-state index < -0.39 is 0 Å². The maximum absolute atomic E-state index is 4.53. The molecule has 2 nitrogen and oxygen atoms in total. The first-order valence-corrected chi connectivity index (χ1v) is 5.69. The summed E-state index contributed by atoms with van der Waals surface area (Å²) in [7, 11) is 0. The maximum Gasteiger partial charge on any atom is 0.0898 e. The van der Waals surface area contributed by atoms with Gasteiger partial charge in [0.25, 0.3) is 0 Å². The van der Waals surface area contributed by atoms with Crippen LogP contribution in [0.4, 0.5) is 0 Å². The molecule has 1 saturated heterocycles. The van der Waals surface area contributed by atoms with Gasteiger partial charge in [0.1, 0.15) is 0 Å². The molecular formula is C10H16N2S. The van der Waals surface area contributed by atoms with Gasteiger partial charge in [-0.05, 0) is 13.3 Å². The first-order valence-electron chi connectivity index (χ1n) is 4.81. The van der Waals surface area contributed by atoms with Crippen molar-refractivity contribution in [3.63, 3.8) is 0 Å². The molecule has 1 aromatic heterocycles. The highest BCUT2D eigenvalue weighted by molar-refractivity contribution is 7.09. The zero-order valence-electron chi connectivity index (χ0n) is 8.42. The molecule has 72 valence electrons. The van der Waals surface area contributed by atoms with Crippen molar-refractivity contribution in [2.24, 2.45) is 5.41 Å². The van der Waals surface area contributed by atoms with Crippen molar-refractivity contribution in [2.45, 2.75) is 33.2 Å². The summed E-state index contributed by atoms with van der Waals surface area (Å²) in [5.41, 5.74) is 1.67. The number of aromatic nitrogens is 1. The van der Waals surface area contributed by atoms with Crippen molar-refractivity contribution < 1.29 is 0 Å². The predicted molar refractivity (Wildman–Crippen MR) is 56.0 cm³/mol. The molecule has 1 aromatic rings. The lowest BCUT2D eigenvalue weighted by Crippen LogP contribution is -2.54. The Bertz CT molecular complexity index is 304. The van der Waals surface area contributed by atoms with Crippen LogP contribution >= 0.6 is 11.3 Å². The first kappa shape index (κ1) is 9.16. The Labute approximate surface area is 83.4 Å². The number of rotatable bonds is 2. The van der Waals surface area contributed by atoms with Crippen LogP contribution in [0, 0.1) is 12.3 Å². The molecule has 0 bridgehead atoms. The van der Waals surface area contributed by atoms with Crippen LogP contribution in [0.15, 0.2) is 5.38 Å². The topological polar surface area (TPSA) is 24.9 Å². The van der Waals surface area contributed by atoms with Gasteiger partial charge in [0.15, 0.2) is 0 Å². The molecule has 0 aliphatic carbocycles. The lowest BCUT2D eigenvalue weighted by molar-refractivity contribution is 0.0961. The van der Waals surface area contributed by atoms with E-state index in [1.807, 2.05) is 0 Å². The minimum absolute atomic E-state index is 0.431. The number of hydrogen-bond donors (Lipinski definition) is 1. The van der Waals surface area contributed by atoms with E-state index in [1.54, 1.807) is 11.3 Å². The smallest absolute Gasteiger partial charge is 0.0898 e. The molecule has 1 aliphatic rings. The second-order valence-corrected chi connectivity index (χ2v) is 5.18. The maximum atomic E-state index is 4.53. The summed E-state index contributed by atoms with van der Waals surface area (Å²) in [6, 6.07) is 0.488. The summed E-state index contributed by atoms with van der Waals surface area (Å²) in [6.07, 6.45) is 1.22. The van der Waals surface area contributed by atoms with Crippen LogP contribution in [0.2, 0.25) is 0 Å². The monoisotopic (exact) mass is 196 g/mol. The average molecular weight is 196 g/mol. The zero-order valence-corrected chi connectivity index (χ0v) is 9.24. The molecule has 1 aliphatic heterocycles. The van der Waals surface area contributed by atoms with Crippen molar-refractivity contribution in [2.75, 3.05) is 6.54 Å². The SMILES string of the molecule is CCC1(C)CNC1c1csc(C)n1. The Morgan fingerprint density at radius 2 is 2.54 bits per heavy atom. The van der Waals surface area contributed by atoms with Gasteiger partial charge in [0.2, 0.25) is 0 Å². The van der Waals surface area contributed by atoms with Gasteiger partial charge in [-0.2, -0.15) is 0 Å². The zero-order chi connectivity index (χ0) is 9.47. The summed E-state index contributed by atoms with van der Waals surface area (Å²) in [5.74, 6) is 0. The highest BCUT2D eigenvalue weighted by Gasteiger charge is 2.42. The first-order chi connectivity index (χ1) is 6.15. The Kier molecular flexibility index (Phi) is 2.16. The van der Waals surface area contributed by atoms with Crippen molar-refractivity contribution in [1.82, 2.24) is 10.3 Å². The second kappa shape index (κ2) is 3.07. The number of thiazole rings is 1. The molecule has 2 unspecified atom stereocenters. The minimum atomic E-state index is 0.431. The predicted octanol–water partition coefficient (Wildman–Crippen LogP) is 2.51. The van der Waals surface area contributed by atoms with E-state index in [0.29, 0.717) is 11.5 Å². The average Bonchev–Trinajstić information content (AvgIpc) is 2.48. The summed E-state index contributed by atoms with van der Waals surface area (Å²) in [4.78, 5) is 4.53. The van der Waals surface area contributed by atoms with E-state index in [0.717, 1.165) is 6.54 Å². The van der Waals surface area contributed by atoms with Crippen molar-refractivity contribution in [3.05, 3.63) is 16.1 Å². The Balaban J connectivity index is 2.19. The Hall–Kier alpha value is -0.410. The molecule has 2 rings (SSSR count). The van der Waals surface area contributed by atoms with Gasteiger partial charge in [0, 0.05) is 17.3 Å². The molecule has 0 amide bonds. The normalized spacial score (nSPS) is 33.0. The molecule has 0 saturated carbocycles. The molecule has 1 N–H and O–H groups in total. The Morgan fingerprint density at radius 3 is 2.92 bits per heavy atom. The van der Waals surface area contributed by atoms with E-state index in [-0.39, 0.29) is 0 Å². The van der Waals surface area contributed by atoms with Crippen LogP contribution in [0.25, 0.3) is 0 Å². The molecule has 0 aromatic carbocycles. The summed E-state index contributed by atoms with van der Waals surface area (Å²) in [5, 5.41) is 6.81. The number of hydrogen-bond acceptors (Lipinski definition) is 3. The van der Waals surface area contributed by atoms with Gasteiger partial charge in [-0.3, -0.25) is 0 Å². The highest BCUT2D eigenvalue weighted by Crippen LogP contribution is 2.43. The molecule has 2 heterocycles. The van der Waals surface area contributed by atoms with E-state index in [9.17, 15) is 0 Å². The second-order valence-electron chi connectivity index (χ2n) is 4.11. The summed E-state index contributed by atoms with van der Waals surface area (Å²) in [6.45, 7) is 7.79.